The molecule has 0 unspecified atom stereocenters. The minimum Gasteiger partial charge on any atom is -0.308 e. The summed E-state index contributed by atoms with van der Waals surface area (Å²) in [6.07, 6.45) is 2.49. The van der Waals surface area contributed by atoms with E-state index in [9.17, 15) is 13.2 Å². The second kappa shape index (κ2) is 6.79. The highest BCUT2D eigenvalue weighted by molar-refractivity contribution is 9.10. The Balaban J connectivity index is 1.65. The van der Waals surface area contributed by atoms with Crippen LogP contribution in [0.25, 0.3) is 0 Å². The number of anilines is 1. The third-order valence-electron chi connectivity index (χ3n) is 5.00. The molecule has 136 valence electrons. The Bertz CT molecular complexity index is 968. The summed E-state index contributed by atoms with van der Waals surface area (Å²) in [7, 11) is -3.43. The van der Waals surface area contributed by atoms with E-state index in [0.29, 0.717) is 36.5 Å². The van der Waals surface area contributed by atoms with Crippen molar-refractivity contribution in [2.24, 2.45) is 0 Å². The van der Waals surface area contributed by atoms with Gasteiger partial charge in [0.25, 0.3) is 5.91 Å². The molecule has 4 rings (SSSR count). The van der Waals surface area contributed by atoms with Crippen molar-refractivity contribution in [3.8, 4) is 0 Å². The third kappa shape index (κ3) is 2.98. The van der Waals surface area contributed by atoms with Crippen molar-refractivity contribution in [2.75, 3.05) is 24.5 Å². The molecule has 2 aliphatic heterocycles. The predicted molar refractivity (Wildman–Crippen MR) is 104 cm³/mol. The Labute approximate surface area is 161 Å². The summed E-state index contributed by atoms with van der Waals surface area (Å²) in [4.78, 5) is 14.9. The van der Waals surface area contributed by atoms with Gasteiger partial charge in [-0.25, -0.2) is 8.42 Å². The van der Waals surface area contributed by atoms with Gasteiger partial charge < -0.3 is 4.90 Å². The van der Waals surface area contributed by atoms with Crippen LogP contribution in [0.4, 0.5) is 5.69 Å². The molecule has 0 saturated carbocycles. The molecule has 2 heterocycles. The minimum absolute atomic E-state index is 0.0774. The smallest absolute Gasteiger partial charge is 0.259 e. The number of benzene rings is 2. The van der Waals surface area contributed by atoms with E-state index in [-0.39, 0.29) is 5.91 Å². The molecule has 7 heteroatoms. The fourth-order valence-corrected chi connectivity index (χ4v) is 5.63. The lowest BCUT2D eigenvalue weighted by molar-refractivity contribution is 0.0988. The zero-order chi connectivity index (χ0) is 18.3. The molecule has 1 saturated heterocycles. The topological polar surface area (TPSA) is 57.7 Å². The van der Waals surface area contributed by atoms with Crippen LogP contribution in [0.1, 0.15) is 28.8 Å². The van der Waals surface area contributed by atoms with Crippen LogP contribution in [0.2, 0.25) is 0 Å². The average molecular weight is 435 g/mol. The summed E-state index contributed by atoms with van der Waals surface area (Å²) in [5.41, 5.74) is 2.31. The molecule has 0 N–H and O–H groups in total. The fourth-order valence-electron chi connectivity index (χ4n) is 3.61. The van der Waals surface area contributed by atoms with Crippen LogP contribution < -0.4 is 4.90 Å². The van der Waals surface area contributed by atoms with Gasteiger partial charge in [0.2, 0.25) is 10.0 Å². The Morgan fingerprint density at radius 2 is 1.73 bits per heavy atom. The summed E-state index contributed by atoms with van der Waals surface area (Å²) in [6, 6.07) is 12.5. The lowest BCUT2D eigenvalue weighted by Crippen LogP contribution is -2.29. The highest BCUT2D eigenvalue weighted by Crippen LogP contribution is 2.33. The van der Waals surface area contributed by atoms with Crippen molar-refractivity contribution < 1.29 is 13.2 Å². The molecular formula is C19H19BrN2O3S. The number of sulfonamides is 1. The fraction of sp³-hybridized carbons (Fsp3) is 0.316. The van der Waals surface area contributed by atoms with Gasteiger partial charge in [0, 0.05) is 29.8 Å². The molecule has 0 radical (unpaired) electrons. The van der Waals surface area contributed by atoms with E-state index in [1.165, 1.54) is 0 Å². The summed E-state index contributed by atoms with van der Waals surface area (Å²) in [5, 5.41) is 0. The van der Waals surface area contributed by atoms with Gasteiger partial charge in [-0.3, -0.25) is 4.79 Å². The van der Waals surface area contributed by atoms with Crippen LogP contribution in [0.15, 0.2) is 51.8 Å². The van der Waals surface area contributed by atoms with E-state index in [1.807, 2.05) is 18.2 Å². The van der Waals surface area contributed by atoms with Crippen LogP contribution in [0, 0.1) is 0 Å². The van der Waals surface area contributed by atoms with E-state index in [0.717, 1.165) is 28.6 Å². The summed E-state index contributed by atoms with van der Waals surface area (Å²) in [6.45, 7) is 1.74. The average Bonchev–Trinajstić information content (AvgIpc) is 3.31. The number of halogens is 1. The van der Waals surface area contributed by atoms with Crippen molar-refractivity contribution in [3.63, 3.8) is 0 Å². The number of rotatable bonds is 3. The minimum atomic E-state index is -3.43. The van der Waals surface area contributed by atoms with Crippen molar-refractivity contribution in [1.29, 1.82) is 0 Å². The summed E-state index contributed by atoms with van der Waals surface area (Å²) in [5.74, 6) is -0.0774. The number of amides is 1. The van der Waals surface area contributed by atoms with Gasteiger partial charge in [-0.05, 0) is 71.1 Å². The number of hydrogen-bond acceptors (Lipinski definition) is 3. The first-order valence-corrected chi connectivity index (χ1v) is 10.9. The molecule has 1 amide bonds. The van der Waals surface area contributed by atoms with Gasteiger partial charge in [0.1, 0.15) is 0 Å². The van der Waals surface area contributed by atoms with Crippen LogP contribution in [0.3, 0.4) is 0 Å². The predicted octanol–water partition coefficient (Wildman–Crippen LogP) is 3.44. The number of carbonyl (C=O) groups excluding carboxylic acids is 1. The van der Waals surface area contributed by atoms with E-state index < -0.39 is 10.0 Å². The maximum atomic E-state index is 12.9. The quantitative estimate of drug-likeness (QED) is 0.743. The van der Waals surface area contributed by atoms with E-state index in [2.05, 4.69) is 15.9 Å². The molecule has 5 nitrogen and oxygen atoms in total. The van der Waals surface area contributed by atoms with Crippen molar-refractivity contribution >= 4 is 37.5 Å². The Morgan fingerprint density at radius 3 is 2.46 bits per heavy atom. The lowest BCUT2D eigenvalue weighted by atomic mass is 10.1. The standard InChI is InChI=1S/C19H19BrN2O3S/c20-17-6-2-1-5-16(17)19(23)22-12-9-14-13-15(7-8-18(14)22)26(24,25)21-10-3-4-11-21/h1-2,5-8,13H,3-4,9-12H2. The Morgan fingerprint density at radius 1 is 1.00 bits per heavy atom. The van der Waals surface area contributed by atoms with Crippen molar-refractivity contribution in [3.05, 3.63) is 58.1 Å². The van der Waals surface area contributed by atoms with E-state index in [4.69, 9.17) is 0 Å². The van der Waals surface area contributed by atoms with Crippen LogP contribution in [-0.4, -0.2) is 38.3 Å². The highest BCUT2D eigenvalue weighted by Gasteiger charge is 2.31. The second-order valence-corrected chi connectivity index (χ2v) is 9.38. The zero-order valence-electron chi connectivity index (χ0n) is 14.2. The van der Waals surface area contributed by atoms with Crippen LogP contribution in [-0.2, 0) is 16.4 Å². The molecule has 0 bridgehead atoms. The van der Waals surface area contributed by atoms with Crippen LogP contribution >= 0.6 is 15.9 Å². The molecule has 0 aromatic heterocycles. The van der Waals surface area contributed by atoms with E-state index >= 15 is 0 Å². The second-order valence-electron chi connectivity index (χ2n) is 6.59. The van der Waals surface area contributed by atoms with Crippen molar-refractivity contribution in [1.82, 2.24) is 4.31 Å². The first kappa shape index (κ1) is 17.7. The molecule has 0 aliphatic carbocycles. The lowest BCUT2D eigenvalue weighted by Gasteiger charge is -2.19. The first-order valence-electron chi connectivity index (χ1n) is 8.68. The van der Waals surface area contributed by atoms with Gasteiger partial charge in [0.15, 0.2) is 0 Å². The zero-order valence-corrected chi connectivity index (χ0v) is 16.6. The molecule has 2 aromatic rings. The third-order valence-corrected chi connectivity index (χ3v) is 7.58. The number of fused-ring (bicyclic) bond motifs is 1. The van der Waals surface area contributed by atoms with Crippen molar-refractivity contribution in [2.45, 2.75) is 24.2 Å². The maximum absolute atomic E-state index is 12.9. The highest BCUT2D eigenvalue weighted by atomic mass is 79.9. The maximum Gasteiger partial charge on any atom is 0.259 e. The first-order chi connectivity index (χ1) is 12.5. The van der Waals surface area contributed by atoms with Gasteiger partial charge in [-0.15, -0.1) is 0 Å². The number of carbonyl (C=O) groups is 1. The molecule has 0 spiro atoms. The molecule has 0 atom stereocenters. The van der Waals surface area contributed by atoms with Crippen LogP contribution in [0.5, 0.6) is 0 Å². The monoisotopic (exact) mass is 434 g/mol. The number of hydrogen-bond donors (Lipinski definition) is 0. The van der Waals surface area contributed by atoms with Gasteiger partial charge in [0.05, 0.1) is 10.5 Å². The summed E-state index contributed by atoms with van der Waals surface area (Å²) < 4.78 is 27.8. The molecule has 1 fully saturated rings. The van der Waals surface area contributed by atoms with E-state index in [1.54, 1.807) is 33.5 Å². The van der Waals surface area contributed by atoms with Gasteiger partial charge in [-0.1, -0.05) is 12.1 Å². The number of nitrogens with zero attached hydrogens (tertiary/aromatic N) is 2. The molecule has 2 aliphatic rings. The largest absolute Gasteiger partial charge is 0.308 e. The molecular weight excluding hydrogens is 416 g/mol. The Kier molecular flexibility index (Phi) is 4.62. The molecule has 2 aromatic carbocycles. The summed E-state index contributed by atoms with van der Waals surface area (Å²) >= 11 is 3.43. The SMILES string of the molecule is O=C(c1ccccc1Br)N1CCc2cc(S(=O)(=O)N3CCCC3)ccc21. The van der Waals surface area contributed by atoms with Gasteiger partial charge in [-0.2, -0.15) is 4.31 Å². The Hall–Kier alpha value is -1.70. The van der Waals surface area contributed by atoms with Gasteiger partial charge >= 0.3 is 0 Å². The molecule has 26 heavy (non-hydrogen) atoms. The normalized spacial score (nSPS) is 17.5.